The van der Waals surface area contributed by atoms with E-state index >= 15 is 0 Å². The summed E-state index contributed by atoms with van der Waals surface area (Å²) in [7, 11) is 0. The van der Waals surface area contributed by atoms with Crippen molar-refractivity contribution in [2.45, 2.75) is 26.9 Å². The minimum atomic E-state index is -0.247. The van der Waals surface area contributed by atoms with Gasteiger partial charge in [0.25, 0.3) is 0 Å². The summed E-state index contributed by atoms with van der Waals surface area (Å²) in [5, 5.41) is 4.52. The van der Waals surface area contributed by atoms with Crippen LogP contribution in [-0.2, 0) is 13.1 Å². The Morgan fingerprint density at radius 2 is 1.45 bits per heavy atom. The van der Waals surface area contributed by atoms with Crippen LogP contribution in [-0.4, -0.2) is 9.55 Å². The second-order valence-corrected chi connectivity index (χ2v) is 6.96. The lowest BCUT2D eigenvalue weighted by atomic mass is 10.2. The maximum absolute atomic E-state index is 13.3. The van der Waals surface area contributed by atoms with Crippen LogP contribution in [0.2, 0.25) is 0 Å². The molecule has 6 heteroatoms. The highest BCUT2D eigenvalue weighted by atomic mass is 35.5. The van der Waals surface area contributed by atoms with Gasteiger partial charge in [-0.05, 0) is 60.9 Å². The highest BCUT2D eigenvalue weighted by molar-refractivity contribution is 5.93. The summed E-state index contributed by atoms with van der Waals surface area (Å²) < 4.78 is 28.6. The van der Waals surface area contributed by atoms with Crippen LogP contribution >= 0.6 is 12.4 Å². The third kappa shape index (κ3) is 4.25. The number of aryl methyl sites for hydroxylation is 1. The van der Waals surface area contributed by atoms with Crippen molar-refractivity contribution < 1.29 is 8.78 Å². The SMILES string of the molecule is Cc1c(C)n(Cc2ccc(F)cc2)c2c(NCc3ccc(F)cc3)nccc12.Cl. The van der Waals surface area contributed by atoms with E-state index in [1.807, 2.05) is 6.07 Å². The number of hydrogen-bond acceptors (Lipinski definition) is 2. The summed E-state index contributed by atoms with van der Waals surface area (Å²) in [5.41, 5.74) is 5.37. The average molecular weight is 414 g/mol. The number of fused-ring (bicyclic) bond motifs is 1. The molecule has 2 aromatic carbocycles. The minimum absolute atomic E-state index is 0. The fourth-order valence-corrected chi connectivity index (χ4v) is 3.48. The van der Waals surface area contributed by atoms with Gasteiger partial charge in [0.15, 0.2) is 5.82 Å². The fraction of sp³-hybridized carbons (Fsp3) is 0.174. The first-order chi connectivity index (χ1) is 13.5. The molecule has 0 amide bonds. The first-order valence-corrected chi connectivity index (χ1v) is 9.20. The predicted molar refractivity (Wildman–Crippen MR) is 116 cm³/mol. The first kappa shape index (κ1) is 20.8. The Bertz CT molecular complexity index is 1120. The highest BCUT2D eigenvalue weighted by Crippen LogP contribution is 2.30. The molecule has 2 aromatic heterocycles. The molecule has 1 N–H and O–H groups in total. The quantitative estimate of drug-likeness (QED) is 0.434. The van der Waals surface area contributed by atoms with Crippen LogP contribution in [0, 0.1) is 25.5 Å². The molecule has 4 rings (SSSR count). The molecule has 0 atom stereocenters. The lowest BCUT2D eigenvalue weighted by Crippen LogP contribution is -2.07. The summed E-state index contributed by atoms with van der Waals surface area (Å²) >= 11 is 0. The van der Waals surface area contributed by atoms with Crippen LogP contribution in [0.15, 0.2) is 60.8 Å². The number of aromatic nitrogens is 2. The van der Waals surface area contributed by atoms with Gasteiger partial charge in [-0.2, -0.15) is 0 Å². The molecule has 0 aliphatic heterocycles. The lowest BCUT2D eigenvalue weighted by Gasteiger charge is -2.13. The van der Waals surface area contributed by atoms with E-state index in [0.717, 1.165) is 33.5 Å². The Hall–Kier alpha value is -2.92. The fourth-order valence-electron chi connectivity index (χ4n) is 3.48. The molecule has 0 unspecified atom stereocenters. The Labute approximate surface area is 174 Å². The highest BCUT2D eigenvalue weighted by Gasteiger charge is 2.15. The van der Waals surface area contributed by atoms with Gasteiger partial charge in [-0.25, -0.2) is 13.8 Å². The second-order valence-electron chi connectivity index (χ2n) is 6.96. The first-order valence-electron chi connectivity index (χ1n) is 9.20. The Balaban J connectivity index is 0.00000240. The number of pyridine rings is 1. The van der Waals surface area contributed by atoms with Crippen LogP contribution in [0.4, 0.5) is 14.6 Å². The van der Waals surface area contributed by atoms with Gasteiger partial charge in [-0.1, -0.05) is 24.3 Å². The monoisotopic (exact) mass is 413 g/mol. The molecule has 0 aliphatic carbocycles. The summed E-state index contributed by atoms with van der Waals surface area (Å²) in [6.45, 7) is 5.37. The summed E-state index contributed by atoms with van der Waals surface area (Å²) in [6.07, 6.45) is 1.80. The zero-order valence-electron chi connectivity index (χ0n) is 16.2. The summed E-state index contributed by atoms with van der Waals surface area (Å²) in [5.74, 6) is 0.292. The molecular formula is C23H22ClF2N3. The van der Waals surface area contributed by atoms with Gasteiger partial charge < -0.3 is 9.88 Å². The number of nitrogens with zero attached hydrogens (tertiary/aromatic N) is 2. The molecule has 150 valence electrons. The molecule has 0 saturated carbocycles. The number of halogens is 3. The maximum atomic E-state index is 13.3. The molecule has 3 nitrogen and oxygen atoms in total. The van der Waals surface area contributed by atoms with E-state index < -0.39 is 0 Å². The summed E-state index contributed by atoms with van der Waals surface area (Å²) in [6, 6.07) is 15.0. The molecular weight excluding hydrogens is 392 g/mol. The lowest BCUT2D eigenvalue weighted by molar-refractivity contribution is 0.626. The third-order valence-corrected chi connectivity index (χ3v) is 5.17. The molecule has 29 heavy (non-hydrogen) atoms. The molecule has 0 aliphatic rings. The average Bonchev–Trinajstić information content (AvgIpc) is 2.95. The zero-order chi connectivity index (χ0) is 19.7. The van der Waals surface area contributed by atoms with Crippen LogP contribution < -0.4 is 5.32 Å². The Morgan fingerprint density at radius 3 is 2.07 bits per heavy atom. The maximum Gasteiger partial charge on any atom is 0.150 e. The number of anilines is 1. The van der Waals surface area contributed by atoms with Gasteiger partial charge in [-0.15, -0.1) is 12.4 Å². The number of rotatable bonds is 5. The van der Waals surface area contributed by atoms with Crippen molar-refractivity contribution in [1.82, 2.24) is 9.55 Å². The standard InChI is InChI=1S/C23H21F2N3.ClH/c1-15-16(2)28(14-18-5-9-20(25)10-6-18)22-21(15)11-12-26-23(22)27-13-17-3-7-19(24)8-4-17;/h3-12H,13-14H2,1-2H3,(H,26,27);1H. The normalized spacial score (nSPS) is 10.8. The molecule has 2 heterocycles. The van der Waals surface area contributed by atoms with E-state index in [0.29, 0.717) is 13.1 Å². The van der Waals surface area contributed by atoms with Gasteiger partial charge >= 0.3 is 0 Å². The minimum Gasteiger partial charge on any atom is -0.364 e. The second kappa shape index (κ2) is 8.62. The van der Waals surface area contributed by atoms with Gasteiger partial charge in [0.2, 0.25) is 0 Å². The van der Waals surface area contributed by atoms with E-state index in [1.54, 1.807) is 30.5 Å². The Kier molecular flexibility index (Phi) is 6.18. The molecule has 0 radical (unpaired) electrons. The van der Waals surface area contributed by atoms with E-state index in [1.165, 1.54) is 29.8 Å². The van der Waals surface area contributed by atoms with Crippen molar-refractivity contribution in [1.29, 1.82) is 0 Å². The van der Waals surface area contributed by atoms with E-state index in [-0.39, 0.29) is 24.0 Å². The molecule has 0 spiro atoms. The molecule has 0 saturated heterocycles. The van der Waals surface area contributed by atoms with Crippen molar-refractivity contribution in [2.75, 3.05) is 5.32 Å². The molecule has 0 fully saturated rings. The van der Waals surface area contributed by atoms with Crippen LogP contribution in [0.5, 0.6) is 0 Å². The van der Waals surface area contributed by atoms with Crippen LogP contribution in [0.1, 0.15) is 22.4 Å². The summed E-state index contributed by atoms with van der Waals surface area (Å²) in [4.78, 5) is 4.54. The van der Waals surface area contributed by atoms with Crippen LogP contribution in [0.25, 0.3) is 10.9 Å². The van der Waals surface area contributed by atoms with Crippen molar-refractivity contribution in [3.8, 4) is 0 Å². The number of hydrogen-bond donors (Lipinski definition) is 1. The smallest absolute Gasteiger partial charge is 0.150 e. The number of benzene rings is 2. The topological polar surface area (TPSA) is 29.9 Å². The van der Waals surface area contributed by atoms with Gasteiger partial charge in [0, 0.05) is 30.4 Å². The molecule has 4 aromatic rings. The molecule has 0 bridgehead atoms. The van der Waals surface area contributed by atoms with Crippen molar-refractivity contribution in [2.24, 2.45) is 0 Å². The Morgan fingerprint density at radius 1 is 0.862 bits per heavy atom. The van der Waals surface area contributed by atoms with Crippen LogP contribution in [0.3, 0.4) is 0 Å². The van der Waals surface area contributed by atoms with E-state index in [4.69, 9.17) is 0 Å². The van der Waals surface area contributed by atoms with Gasteiger partial charge in [0.05, 0.1) is 5.52 Å². The van der Waals surface area contributed by atoms with Gasteiger partial charge in [-0.3, -0.25) is 0 Å². The van der Waals surface area contributed by atoms with Crippen molar-refractivity contribution >= 4 is 29.1 Å². The zero-order valence-corrected chi connectivity index (χ0v) is 17.1. The third-order valence-electron chi connectivity index (χ3n) is 5.17. The van der Waals surface area contributed by atoms with Crippen molar-refractivity contribution in [3.05, 3.63) is 94.8 Å². The van der Waals surface area contributed by atoms with E-state index in [2.05, 4.69) is 28.7 Å². The number of nitrogens with one attached hydrogen (secondary N) is 1. The van der Waals surface area contributed by atoms with Crippen molar-refractivity contribution in [3.63, 3.8) is 0 Å². The predicted octanol–water partition coefficient (Wildman–Crippen LogP) is 6.01. The largest absolute Gasteiger partial charge is 0.364 e. The van der Waals surface area contributed by atoms with Gasteiger partial charge in [0.1, 0.15) is 11.6 Å². The van der Waals surface area contributed by atoms with E-state index in [9.17, 15) is 8.78 Å².